The van der Waals surface area contributed by atoms with Crippen LogP contribution in [0.1, 0.15) is 17.3 Å². The summed E-state index contributed by atoms with van der Waals surface area (Å²) in [5.74, 6) is 1.06. The number of hydrogen-bond donors (Lipinski definition) is 2. The standard InChI is InChI=1S/C13H12BrN5O2/c1-2-16-13(20)7-5-10(15)19-11(6-7)17-12(18-19)8-3-4-9(14)21-8/h3-6H,2,15H2,1H3,(H,16,20). The van der Waals surface area contributed by atoms with E-state index >= 15 is 0 Å². The van der Waals surface area contributed by atoms with Gasteiger partial charge in [0, 0.05) is 12.1 Å². The topological polar surface area (TPSA) is 98.5 Å². The first-order chi connectivity index (χ1) is 10.1. The van der Waals surface area contributed by atoms with Gasteiger partial charge in [-0.3, -0.25) is 4.79 Å². The second kappa shape index (κ2) is 5.21. The molecule has 3 heterocycles. The molecule has 0 unspecified atom stereocenters. The van der Waals surface area contributed by atoms with Crippen molar-refractivity contribution in [2.75, 3.05) is 12.3 Å². The number of rotatable bonds is 3. The second-order valence-corrected chi connectivity index (χ2v) is 5.12. The van der Waals surface area contributed by atoms with Crippen molar-refractivity contribution in [3.63, 3.8) is 0 Å². The second-order valence-electron chi connectivity index (χ2n) is 4.34. The molecular weight excluding hydrogens is 338 g/mol. The zero-order chi connectivity index (χ0) is 15.0. The van der Waals surface area contributed by atoms with Crippen molar-refractivity contribution in [2.24, 2.45) is 0 Å². The van der Waals surface area contributed by atoms with Crippen LogP contribution in [0.2, 0.25) is 0 Å². The molecule has 0 aliphatic heterocycles. The maximum Gasteiger partial charge on any atom is 0.251 e. The number of nitrogen functional groups attached to an aromatic ring is 1. The van der Waals surface area contributed by atoms with E-state index < -0.39 is 0 Å². The van der Waals surface area contributed by atoms with Gasteiger partial charge in [-0.05, 0) is 47.1 Å². The molecule has 0 fully saturated rings. The number of pyridine rings is 1. The fourth-order valence-electron chi connectivity index (χ4n) is 1.94. The first-order valence-electron chi connectivity index (χ1n) is 6.28. The van der Waals surface area contributed by atoms with Crippen LogP contribution in [0, 0.1) is 0 Å². The number of aromatic nitrogens is 3. The minimum atomic E-state index is -0.197. The molecule has 0 bridgehead atoms. The number of nitrogens with zero attached hydrogens (tertiary/aromatic N) is 3. The summed E-state index contributed by atoms with van der Waals surface area (Å²) in [6, 6.07) is 6.70. The molecule has 0 radical (unpaired) electrons. The van der Waals surface area contributed by atoms with E-state index in [0.29, 0.717) is 39.8 Å². The first kappa shape index (κ1) is 13.6. The predicted molar refractivity (Wildman–Crippen MR) is 80.8 cm³/mol. The molecule has 0 saturated carbocycles. The van der Waals surface area contributed by atoms with Crippen LogP contribution in [-0.4, -0.2) is 27.0 Å². The van der Waals surface area contributed by atoms with Gasteiger partial charge in [0.15, 0.2) is 16.1 Å². The Morgan fingerprint density at radius 1 is 1.48 bits per heavy atom. The number of carbonyl (C=O) groups is 1. The van der Waals surface area contributed by atoms with Crippen LogP contribution in [-0.2, 0) is 0 Å². The number of carbonyl (C=O) groups excluding carboxylic acids is 1. The van der Waals surface area contributed by atoms with Crippen molar-refractivity contribution in [1.29, 1.82) is 0 Å². The van der Waals surface area contributed by atoms with E-state index in [1.54, 1.807) is 24.3 Å². The van der Waals surface area contributed by atoms with Crippen LogP contribution in [0.3, 0.4) is 0 Å². The van der Waals surface area contributed by atoms with Crippen molar-refractivity contribution in [1.82, 2.24) is 19.9 Å². The number of nitrogens with two attached hydrogens (primary N) is 1. The van der Waals surface area contributed by atoms with Gasteiger partial charge < -0.3 is 15.5 Å². The lowest BCUT2D eigenvalue weighted by atomic mass is 10.2. The Morgan fingerprint density at radius 3 is 2.95 bits per heavy atom. The molecule has 3 rings (SSSR count). The lowest BCUT2D eigenvalue weighted by molar-refractivity contribution is 0.0956. The maximum absolute atomic E-state index is 11.9. The number of fused-ring (bicyclic) bond motifs is 1. The summed E-state index contributed by atoms with van der Waals surface area (Å²) >= 11 is 3.23. The van der Waals surface area contributed by atoms with E-state index in [-0.39, 0.29) is 5.91 Å². The summed E-state index contributed by atoms with van der Waals surface area (Å²) < 4.78 is 7.47. The third-order valence-electron chi connectivity index (χ3n) is 2.86. The average molecular weight is 350 g/mol. The van der Waals surface area contributed by atoms with Gasteiger partial charge in [0.25, 0.3) is 5.91 Å². The van der Waals surface area contributed by atoms with Crippen LogP contribution < -0.4 is 11.1 Å². The predicted octanol–water partition coefficient (Wildman–Crippen LogP) is 2.08. The Labute approximate surface area is 128 Å². The average Bonchev–Trinajstić information content (AvgIpc) is 3.05. The summed E-state index contributed by atoms with van der Waals surface area (Å²) in [6.45, 7) is 2.39. The minimum Gasteiger partial charge on any atom is -0.446 e. The number of hydrogen-bond acceptors (Lipinski definition) is 5. The van der Waals surface area contributed by atoms with Gasteiger partial charge in [0.2, 0.25) is 5.82 Å². The third kappa shape index (κ3) is 2.49. The van der Waals surface area contributed by atoms with E-state index in [4.69, 9.17) is 10.2 Å². The van der Waals surface area contributed by atoms with E-state index in [1.807, 2.05) is 6.92 Å². The van der Waals surface area contributed by atoms with Crippen molar-refractivity contribution in [3.05, 3.63) is 34.5 Å². The smallest absolute Gasteiger partial charge is 0.251 e. The SMILES string of the molecule is CCNC(=O)c1cc(N)n2nc(-c3ccc(Br)o3)nc2c1. The molecule has 108 valence electrons. The number of halogens is 1. The van der Waals surface area contributed by atoms with Crippen molar-refractivity contribution >= 4 is 33.3 Å². The van der Waals surface area contributed by atoms with Crippen LogP contribution in [0.15, 0.2) is 33.4 Å². The fraction of sp³-hybridized carbons (Fsp3) is 0.154. The molecule has 3 aromatic heterocycles. The molecule has 3 aromatic rings. The van der Waals surface area contributed by atoms with Gasteiger partial charge in [-0.25, -0.2) is 4.98 Å². The van der Waals surface area contributed by atoms with Gasteiger partial charge in [-0.1, -0.05) is 0 Å². The van der Waals surface area contributed by atoms with Gasteiger partial charge in [-0.15, -0.1) is 5.10 Å². The molecule has 8 heteroatoms. The monoisotopic (exact) mass is 349 g/mol. The zero-order valence-corrected chi connectivity index (χ0v) is 12.7. The summed E-state index contributed by atoms with van der Waals surface area (Å²) in [7, 11) is 0. The lowest BCUT2D eigenvalue weighted by Crippen LogP contribution is -2.23. The molecule has 3 N–H and O–H groups in total. The Balaban J connectivity index is 2.09. The Bertz CT molecular complexity index is 823. The molecule has 21 heavy (non-hydrogen) atoms. The fourth-order valence-corrected chi connectivity index (χ4v) is 2.25. The van der Waals surface area contributed by atoms with Gasteiger partial charge >= 0.3 is 0 Å². The normalized spacial score (nSPS) is 11.0. The Kier molecular flexibility index (Phi) is 3.38. The summed E-state index contributed by atoms with van der Waals surface area (Å²) in [5, 5.41) is 7.00. The maximum atomic E-state index is 11.9. The highest BCUT2D eigenvalue weighted by Crippen LogP contribution is 2.23. The third-order valence-corrected chi connectivity index (χ3v) is 3.28. The largest absolute Gasteiger partial charge is 0.446 e. The molecule has 0 aromatic carbocycles. The number of furan rings is 1. The first-order valence-corrected chi connectivity index (χ1v) is 7.08. The van der Waals surface area contributed by atoms with Crippen molar-refractivity contribution in [2.45, 2.75) is 6.92 Å². The van der Waals surface area contributed by atoms with Gasteiger partial charge in [0.1, 0.15) is 5.82 Å². The molecule has 0 saturated heterocycles. The van der Waals surface area contributed by atoms with Gasteiger partial charge in [0.05, 0.1) is 0 Å². The minimum absolute atomic E-state index is 0.197. The summed E-state index contributed by atoms with van der Waals surface area (Å²) in [4.78, 5) is 16.2. The number of nitrogens with one attached hydrogen (secondary N) is 1. The molecule has 1 amide bonds. The molecular formula is C13H12BrN5O2. The van der Waals surface area contributed by atoms with E-state index in [9.17, 15) is 4.79 Å². The molecule has 0 aliphatic carbocycles. The van der Waals surface area contributed by atoms with E-state index in [2.05, 4.69) is 31.3 Å². The van der Waals surface area contributed by atoms with Crippen LogP contribution in [0.5, 0.6) is 0 Å². The van der Waals surface area contributed by atoms with Crippen LogP contribution in [0.25, 0.3) is 17.2 Å². The van der Waals surface area contributed by atoms with E-state index in [1.165, 1.54) is 4.52 Å². The highest BCUT2D eigenvalue weighted by Gasteiger charge is 2.14. The van der Waals surface area contributed by atoms with Gasteiger partial charge in [-0.2, -0.15) is 4.52 Å². The Hall–Kier alpha value is -2.35. The molecule has 7 nitrogen and oxygen atoms in total. The molecule has 0 aliphatic rings. The lowest BCUT2D eigenvalue weighted by Gasteiger charge is -2.04. The zero-order valence-electron chi connectivity index (χ0n) is 11.1. The molecule has 0 atom stereocenters. The highest BCUT2D eigenvalue weighted by atomic mass is 79.9. The molecule has 0 spiro atoms. The Morgan fingerprint density at radius 2 is 2.29 bits per heavy atom. The summed E-state index contributed by atoms with van der Waals surface area (Å²) in [5.41, 5.74) is 6.86. The number of amides is 1. The van der Waals surface area contributed by atoms with Crippen molar-refractivity contribution < 1.29 is 9.21 Å². The van der Waals surface area contributed by atoms with E-state index in [0.717, 1.165) is 0 Å². The quantitative estimate of drug-likeness (QED) is 0.754. The number of anilines is 1. The summed E-state index contributed by atoms with van der Waals surface area (Å²) in [6.07, 6.45) is 0. The van der Waals surface area contributed by atoms with Crippen LogP contribution in [0.4, 0.5) is 5.82 Å². The van der Waals surface area contributed by atoms with Crippen molar-refractivity contribution in [3.8, 4) is 11.6 Å². The highest BCUT2D eigenvalue weighted by molar-refractivity contribution is 9.10. The van der Waals surface area contributed by atoms with Crippen LogP contribution >= 0.6 is 15.9 Å².